The summed E-state index contributed by atoms with van der Waals surface area (Å²) < 4.78 is 23.1. The van der Waals surface area contributed by atoms with E-state index in [-0.39, 0.29) is 18.5 Å². The summed E-state index contributed by atoms with van der Waals surface area (Å²) in [4.78, 5) is 11.5. The number of hydrogen-bond donors (Lipinski definition) is 2. The lowest BCUT2D eigenvalue weighted by Crippen LogP contribution is -2.35. The molecular formula is C27H35N7O3S. The van der Waals surface area contributed by atoms with Gasteiger partial charge in [0.25, 0.3) is 0 Å². The monoisotopic (exact) mass is 537 g/mol. The zero-order chi connectivity index (χ0) is 26.1. The molecule has 2 aliphatic carbocycles. The number of nitrogens with one attached hydrogen (secondary N) is 1. The van der Waals surface area contributed by atoms with Gasteiger partial charge in [-0.05, 0) is 88.0 Å². The van der Waals surface area contributed by atoms with Gasteiger partial charge >= 0.3 is 6.01 Å². The Morgan fingerprint density at radius 1 is 1.08 bits per heavy atom. The second kappa shape index (κ2) is 10.6. The van der Waals surface area contributed by atoms with Gasteiger partial charge in [0.05, 0.1) is 35.6 Å². The van der Waals surface area contributed by atoms with Crippen molar-refractivity contribution in [2.24, 2.45) is 5.41 Å². The third kappa shape index (κ3) is 5.54. The van der Waals surface area contributed by atoms with Crippen molar-refractivity contribution in [3.8, 4) is 23.1 Å². The molecule has 38 heavy (non-hydrogen) atoms. The number of rotatable bonds is 9. The highest BCUT2D eigenvalue weighted by Gasteiger charge is 2.44. The number of ether oxygens (including phenoxy) is 1. The molecule has 1 aliphatic heterocycles. The second-order valence-corrected chi connectivity index (χ2v) is 12.1. The maximum Gasteiger partial charge on any atom is 0.317 e. The Kier molecular flexibility index (Phi) is 7.05. The number of aryl methyl sites for hydroxylation is 1. The third-order valence-corrected chi connectivity index (χ3v) is 9.03. The summed E-state index contributed by atoms with van der Waals surface area (Å²) in [6.07, 6.45) is 11.6. The summed E-state index contributed by atoms with van der Waals surface area (Å²) in [5.74, 6) is 0.181. The van der Waals surface area contributed by atoms with Crippen molar-refractivity contribution in [3.05, 3.63) is 36.2 Å². The molecular weight excluding hydrogens is 502 g/mol. The summed E-state index contributed by atoms with van der Waals surface area (Å²) in [5, 5.41) is 18.1. The fraction of sp³-hybridized carbons (Fsp3) is 0.556. The van der Waals surface area contributed by atoms with Crippen LogP contribution in [0.5, 0.6) is 6.01 Å². The second-order valence-electron chi connectivity index (χ2n) is 10.8. The first-order valence-corrected chi connectivity index (χ1v) is 14.9. The van der Waals surface area contributed by atoms with Crippen LogP contribution in [0.1, 0.15) is 57.1 Å². The predicted molar refractivity (Wildman–Crippen MR) is 147 cm³/mol. The topological polar surface area (TPSA) is 118 Å². The number of nitrogens with zero attached hydrogens (tertiary/aromatic N) is 6. The minimum atomic E-state index is -1.34. The van der Waals surface area contributed by atoms with Crippen LogP contribution in [0, 0.1) is 12.3 Å². The highest BCUT2D eigenvalue weighted by atomic mass is 32.2. The number of aromatic nitrogens is 5. The van der Waals surface area contributed by atoms with E-state index in [1.165, 1.54) is 38.5 Å². The van der Waals surface area contributed by atoms with Crippen LogP contribution in [0.3, 0.4) is 0 Å². The van der Waals surface area contributed by atoms with Gasteiger partial charge in [-0.15, -0.1) is 5.10 Å². The molecule has 10 nitrogen and oxygen atoms in total. The average molecular weight is 538 g/mol. The molecule has 3 aliphatic rings. The molecule has 0 bridgehead atoms. The molecule has 1 unspecified atom stereocenters. The molecule has 2 N–H and O–H groups in total. The van der Waals surface area contributed by atoms with E-state index >= 15 is 0 Å². The van der Waals surface area contributed by atoms with Gasteiger partial charge in [-0.2, -0.15) is 4.98 Å². The van der Waals surface area contributed by atoms with Gasteiger partial charge in [-0.3, -0.25) is 0 Å². The minimum absolute atomic E-state index is 0.129. The first kappa shape index (κ1) is 25.2. The molecule has 202 valence electrons. The Morgan fingerprint density at radius 2 is 1.87 bits per heavy atom. The quantitative estimate of drug-likeness (QED) is 0.423. The maximum absolute atomic E-state index is 12.2. The Labute approximate surface area is 225 Å². The molecule has 1 saturated heterocycles. The lowest BCUT2D eigenvalue weighted by atomic mass is 9.93. The summed E-state index contributed by atoms with van der Waals surface area (Å²) in [5.41, 5.74) is 5.40. The SMILES string of the molecule is Cc1cc(-c2cn(-c3ccc(NS(=O)CCO)cc3N3CCC4(CC3)CC4)nn2)nc(OC2CCCC2)n1. The van der Waals surface area contributed by atoms with E-state index in [1.54, 1.807) is 4.68 Å². The molecule has 11 heteroatoms. The summed E-state index contributed by atoms with van der Waals surface area (Å²) in [6.45, 7) is 3.76. The molecule has 2 saturated carbocycles. The van der Waals surface area contributed by atoms with Crippen molar-refractivity contribution >= 4 is 22.4 Å². The summed E-state index contributed by atoms with van der Waals surface area (Å²) in [6, 6.07) is 8.20. The van der Waals surface area contributed by atoms with Crippen molar-refractivity contribution in [3.63, 3.8) is 0 Å². The first-order chi connectivity index (χ1) is 18.5. The molecule has 1 aromatic carbocycles. The lowest BCUT2D eigenvalue weighted by Gasteiger charge is -2.35. The Bertz CT molecular complexity index is 1310. The third-order valence-electron chi connectivity index (χ3n) is 8.02. The zero-order valence-corrected chi connectivity index (χ0v) is 22.6. The van der Waals surface area contributed by atoms with Crippen molar-refractivity contribution in [2.75, 3.05) is 35.1 Å². The van der Waals surface area contributed by atoms with E-state index in [2.05, 4.69) is 29.9 Å². The van der Waals surface area contributed by atoms with Crippen molar-refractivity contribution in [1.29, 1.82) is 0 Å². The van der Waals surface area contributed by atoms with Crippen LogP contribution in [0.2, 0.25) is 0 Å². The zero-order valence-electron chi connectivity index (χ0n) is 21.8. The predicted octanol–water partition coefficient (Wildman–Crippen LogP) is 3.80. The molecule has 6 rings (SSSR count). The number of anilines is 2. The molecule has 0 amide bonds. The van der Waals surface area contributed by atoms with Crippen molar-refractivity contribution in [2.45, 2.75) is 64.4 Å². The number of benzene rings is 1. The van der Waals surface area contributed by atoms with Crippen LogP contribution >= 0.6 is 0 Å². The molecule has 1 spiro atoms. The smallest absolute Gasteiger partial charge is 0.317 e. The standard InChI is InChI=1S/C27H35N7O3S/c1-19-16-22(29-26(28-19)37-21-4-2-3-5-21)23-18-34(32-30-23)24-7-6-20(31-38(36)15-14-35)17-25(24)33-12-10-27(8-9-27)11-13-33/h6-7,16-18,21,31,35H,2-5,8-15H2,1H3. The van der Waals surface area contributed by atoms with Gasteiger partial charge in [0, 0.05) is 24.5 Å². The minimum Gasteiger partial charge on any atom is -0.460 e. The highest BCUT2D eigenvalue weighted by Crippen LogP contribution is 2.54. The van der Waals surface area contributed by atoms with E-state index in [0.29, 0.717) is 22.8 Å². The fourth-order valence-corrected chi connectivity index (χ4v) is 6.24. The fourth-order valence-electron chi connectivity index (χ4n) is 5.58. The van der Waals surface area contributed by atoms with Gasteiger partial charge in [0.15, 0.2) is 0 Å². The molecule has 0 radical (unpaired) electrons. The number of aliphatic hydroxyl groups is 1. The number of hydrogen-bond acceptors (Lipinski definition) is 8. The van der Waals surface area contributed by atoms with Crippen LogP contribution in [-0.4, -0.2) is 65.8 Å². The van der Waals surface area contributed by atoms with Gasteiger partial charge in [0.2, 0.25) is 0 Å². The first-order valence-electron chi connectivity index (χ1n) is 13.6. The van der Waals surface area contributed by atoms with E-state index in [9.17, 15) is 4.21 Å². The maximum atomic E-state index is 12.2. The lowest BCUT2D eigenvalue weighted by molar-refractivity contribution is 0.192. The van der Waals surface area contributed by atoms with Gasteiger partial charge < -0.3 is 19.5 Å². The molecule has 3 aromatic rings. The Balaban J connectivity index is 1.29. The van der Waals surface area contributed by atoms with E-state index in [4.69, 9.17) is 9.84 Å². The van der Waals surface area contributed by atoms with E-state index < -0.39 is 11.0 Å². The van der Waals surface area contributed by atoms with Crippen LogP contribution in [0.25, 0.3) is 17.1 Å². The Morgan fingerprint density at radius 3 is 2.61 bits per heavy atom. The van der Waals surface area contributed by atoms with Crippen LogP contribution in [-0.2, 0) is 11.0 Å². The van der Waals surface area contributed by atoms with Crippen molar-refractivity contribution < 1.29 is 14.1 Å². The molecule has 3 heterocycles. The molecule has 2 aromatic heterocycles. The number of piperidine rings is 1. The van der Waals surface area contributed by atoms with Gasteiger partial charge in [-0.25, -0.2) is 13.9 Å². The number of aliphatic hydroxyl groups excluding tert-OH is 1. The van der Waals surface area contributed by atoms with Crippen LogP contribution in [0.4, 0.5) is 11.4 Å². The molecule has 3 fully saturated rings. The van der Waals surface area contributed by atoms with Gasteiger partial charge in [0.1, 0.15) is 22.8 Å². The normalized spacial score (nSPS) is 19.6. The highest BCUT2D eigenvalue weighted by molar-refractivity contribution is 7.86. The van der Waals surface area contributed by atoms with Gasteiger partial charge in [-0.1, -0.05) is 5.21 Å². The van der Waals surface area contributed by atoms with Crippen LogP contribution < -0.4 is 14.4 Å². The largest absolute Gasteiger partial charge is 0.460 e. The summed E-state index contributed by atoms with van der Waals surface area (Å²) >= 11 is 0. The van der Waals surface area contributed by atoms with Crippen molar-refractivity contribution in [1.82, 2.24) is 25.0 Å². The van der Waals surface area contributed by atoms with Crippen LogP contribution in [0.15, 0.2) is 30.5 Å². The molecule has 1 atom stereocenters. The summed E-state index contributed by atoms with van der Waals surface area (Å²) in [7, 11) is -1.34. The van der Waals surface area contributed by atoms with E-state index in [1.807, 2.05) is 37.4 Å². The van der Waals surface area contributed by atoms with E-state index in [0.717, 1.165) is 48.7 Å². The Hall–Kier alpha value is -3.05. The average Bonchev–Trinajstić information content (AvgIpc) is 3.27.